The van der Waals surface area contributed by atoms with E-state index in [1.54, 1.807) is 12.8 Å². The van der Waals surface area contributed by atoms with Crippen molar-refractivity contribution >= 4 is 12.6 Å². The highest BCUT2D eigenvalue weighted by molar-refractivity contribution is 7.81. The molecule has 8 atom stereocenters. The molecule has 0 amide bonds. The largest absolute Gasteiger partial charge is 0.176 e. The van der Waals surface area contributed by atoms with E-state index in [2.05, 4.69) is 0 Å². The van der Waals surface area contributed by atoms with Crippen molar-refractivity contribution < 1.29 is 0 Å². The Hall–Kier alpha value is 0.350. The molecule has 5 rings (SSSR count). The van der Waals surface area contributed by atoms with Crippen molar-refractivity contribution in [2.24, 2.45) is 40.9 Å². The van der Waals surface area contributed by atoms with E-state index in [4.69, 9.17) is 12.6 Å². The third-order valence-electron chi connectivity index (χ3n) is 6.43. The highest BCUT2D eigenvalue weighted by atomic mass is 32.1. The third kappa shape index (κ3) is 0.285. The average molecular weight is 178 g/mol. The van der Waals surface area contributed by atoms with Crippen molar-refractivity contribution in [2.45, 2.75) is 24.5 Å². The normalized spacial score (nSPS) is 85.2. The van der Waals surface area contributed by atoms with Crippen LogP contribution in [-0.4, -0.2) is 5.25 Å². The second-order valence-electron chi connectivity index (χ2n) is 5.96. The molecule has 0 aromatic carbocycles. The predicted molar refractivity (Wildman–Crippen MR) is 50.0 cm³/mol. The Morgan fingerprint density at radius 3 is 2.67 bits per heavy atom. The quantitative estimate of drug-likeness (QED) is 0.540. The fourth-order valence-electron chi connectivity index (χ4n) is 6.41. The maximum atomic E-state index is 4.80. The van der Waals surface area contributed by atoms with E-state index in [-0.39, 0.29) is 0 Å². The van der Waals surface area contributed by atoms with Crippen molar-refractivity contribution in [1.82, 2.24) is 0 Å². The molecule has 0 heterocycles. The number of thiol groups is 1. The minimum Gasteiger partial charge on any atom is -0.176 e. The lowest BCUT2D eigenvalue weighted by Crippen LogP contribution is -2.85. The zero-order chi connectivity index (χ0) is 7.66. The first kappa shape index (κ1) is 5.95. The summed E-state index contributed by atoms with van der Waals surface area (Å²) in [6.07, 6.45) is 4.68. The van der Waals surface area contributed by atoms with Gasteiger partial charge in [-0.25, -0.2) is 0 Å². The topological polar surface area (TPSA) is 0 Å². The molecule has 5 aliphatic carbocycles. The second kappa shape index (κ2) is 1.32. The average Bonchev–Trinajstić information content (AvgIpc) is 2.27. The van der Waals surface area contributed by atoms with E-state index >= 15 is 0 Å². The molecule has 0 aromatic rings. The van der Waals surface area contributed by atoms with Crippen molar-refractivity contribution in [1.29, 1.82) is 0 Å². The van der Waals surface area contributed by atoms with Crippen LogP contribution in [-0.2, 0) is 0 Å². The summed E-state index contributed by atoms with van der Waals surface area (Å²) in [4.78, 5) is 0. The van der Waals surface area contributed by atoms with Crippen LogP contribution >= 0.6 is 12.6 Å². The van der Waals surface area contributed by atoms with E-state index in [9.17, 15) is 0 Å². The molecule has 0 aromatic heterocycles. The van der Waals surface area contributed by atoms with Crippen LogP contribution in [0.5, 0.6) is 0 Å². The van der Waals surface area contributed by atoms with Gasteiger partial charge in [0.05, 0.1) is 0 Å². The molecule has 5 saturated carbocycles. The Balaban J connectivity index is 1.74. The van der Waals surface area contributed by atoms with E-state index in [1.165, 1.54) is 30.1 Å². The summed E-state index contributed by atoms with van der Waals surface area (Å²) >= 11 is 4.80. The zero-order valence-electron chi connectivity index (χ0n) is 7.11. The molecule has 1 spiro atoms. The molecule has 8 unspecified atom stereocenters. The summed E-state index contributed by atoms with van der Waals surface area (Å²) in [6, 6.07) is 0. The van der Waals surface area contributed by atoms with Gasteiger partial charge in [-0.15, -0.1) is 0 Å². The van der Waals surface area contributed by atoms with E-state index in [0.29, 0.717) is 0 Å². The Bertz CT molecular complexity index is 282. The smallest absolute Gasteiger partial charge is 0.00563 e. The molecule has 0 aliphatic heterocycles. The van der Waals surface area contributed by atoms with Gasteiger partial charge in [0.15, 0.2) is 0 Å². The van der Waals surface area contributed by atoms with Crippen molar-refractivity contribution in [3.63, 3.8) is 0 Å². The summed E-state index contributed by atoms with van der Waals surface area (Å²) in [7, 11) is 0. The Morgan fingerprint density at radius 1 is 1.00 bits per heavy atom. The lowest BCUT2D eigenvalue weighted by Gasteiger charge is -2.89. The van der Waals surface area contributed by atoms with Crippen LogP contribution in [0.4, 0.5) is 0 Å². The molecular weight excluding hydrogens is 164 g/mol. The summed E-state index contributed by atoms with van der Waals surface area (Å²) in [5.74, 6) is 7.08. The second-order valence-corrected chi connectivity index (χ2v) is 6.62. The Kier molecular flexibility index (Phi) is 0.655. The van der Waals surface area contributed by atoms with Gasteiger partial charge in [0.25, 0.3) is 0 Å². The molecule has 0 N–H and O–H groups in total. The van der Waals surface area contributed by atoms with Crippen molar-refractivity contribution in [3.05, 3.63) is 0 Å². The van der Waals surface area contributed by atoms with Crippen LogP contribution < -0.4 is 0 Å². The van der Waals surface area contributed by atoms with Gasteiger partial charge in [0.1, 0.15) is 0 Å². The maximum absolute atomic E-state index is 4.80. The number of hydrogen-bond acceptors (Lipinski definition) is 1. The van der Waals surface area contributed by atoms with Crippen molar-refractivity contribution in [2.75, 3.05) is 0 Å². The number of hydrogen-bond donors (Lipinski definition) is 1. The molecule has 12 heavy (non-hydrogen) atoms. The maximum Gasteiger partial charge on any atom is 0.00563 e. The Morgan fingerprint density at radius 2 is 1.92 bits per heavy atom. The van der Waals surface area contributed by atoms with Crippen LogP contribution in [0.15, 0.2) is 0 Å². The third-order valence-corrected chi connectivity index (χ3v) is 6.96. The van der Waals surface area contributed by atoms with Crippen LogP contribution in [0.3, 0.4) is 0 Å². The fraction of sp³-hybridized carbons (Fsp3) is 1.00. The first-order valence-electron chi connectivity index (χ1n) is 5.53. The minimum atomic E-state index is 0.808. The monoisotopic (exact) mass is 178 g/mol. The van der Waals surface area contributed by atoms with E-state index in [1.807, 2.05) is 0 Å². The van der Waals surface area contributed by atoms with Crippen LogP contribution in [0.1, 0.15) is 19.3 Å². The van der Waals surface area contributed by atoms with Gasteiger partial charge in [-0.1, -0.05) is 0 Å². The van der Waals surface area contributed by atoms with Crippen molar-refractivity contribution in [3.8, 4) is 0 Å². The van der Waals surface area contributed by atoms with Gasteiger partial charge in [0, 0.05) is 5.25 Å². The molecule has 0 radical (unpaired) electrons. The van der Waals surface area contributed by atoms with Gasteiger partial charge in [0.2, 0.25) is 0 Å². The molecular formula is C11H14S. The predicted octanol–water partition coefficient (Wildman–Crippen LogP) is 2.21. The van der Waals surface area contributed by atoms with Gasteiger partial charge in [-0.05, 0) is 60.2 Å². The molecule has 64 valence electrons. The molecule has 0 nitrogen and oxygen atoms in total. The minimum absolute atomic E-state index is 0.808. The molecule has 5 aliphatic rings. The molecule has 5 fully saturated rings. The fourth-order valence-corrected chi connectivity index (χ4v) is 7.14. The summed E-state index contributed by atoms with van der Waals surface area (Å²) in [5.41, 5.74) is 0.944. The standard InChI is InChI=1S/C11H14S/c12-8-2-4-1-7-5-3-6-9(5)11(4,7)10(6)8/h4-10,12H,1-3H2. The van der Waals surface area contributed by atoms with Gasteiger partial charge < -0.3 is 0 Å². The Labute approximate surface area is 78.5 Å². The van der Waals surface area contributed by atoms with Gasteiger partial charge in [-0.3, -0.25) is 0 Å². The zero-order valence-corrected chi connectivity index (χ0v) is 8.00. The summed E-state index contributed by atoms with van der Waals surface area (Å²) in [5, 5.41) is 0.808. The lowest BCUT2D eigenvalue weighted by atomic mass is 9.15. The van der Waals surface area contributed by atoms with Gasteiger partial charge >= 0.3 is 0 Å². The summed E-state index contributed by atoms with van der Waals surface area (Å²) in [6.45, 7) is 0. The molecule has 1 heteroatoms. The summed E-state index contributed by atoms with van der Waals surface area (Å²) < 4.78 is 0. The first-order chi connectivity index (χ1) is 5.85. The SMILES string of the molecule is SC1CC2CC3C4CC5C1C23C45. The van der Waals surface area contributed by atoms with Crippen LogP contribution in [0.25, 0.3) is 0 Å². The lowest BCUT2D eigenvalue weighted by molar-refractivity contribution is -0.416. The highest BCUT2D eigenvalue weighted by Gasteiger charge is 2.90. The van der Waals surface area contributed by atoms with Crippen LogP contribution in [0, 0.1) is 40.9 Å². The van der Waals surface area contributed by atoms with Gasteiger partial charge in [-0.2, -0.15) is 12.6 Å². The molecule has 0 bridgehead atoms. The number of rotatable bonds is 0. The first-order valence-corrected chi connectivity index (χ1v) is 6.05. The highest BCUT2D eigenvalue weighted by Crippen LogP contribution is 2.94. The van der Waals surface area contributed by atoms with Crippen LogP contribution in [0.2, 0.25) is 0 Å². The van der Waals surface area contributed by atoms with E-state index < -0.39 is 0 Å². The van der Waals surface area contributed by atoms with E-state index in [0.717, 1.165) is 22.5 Å². The molecule has 0 saturated heterocycles. The number of fused-ring (bicyclic) bond motifs is 2.